The summed E-state index contributed by atoms with van der Waals surface area (Å²) in [5.41, 5.74) is 1.34. The highest BCUT2D eigenvalue weighted by Gasteiger charge is 2.32. The second-order valence-electron chi connectivity index (χ2n) is 6.27. The summed E-state index contributed by atoms with van der Waals surface area (Å²) in [5, 5.41) is 13.9. The highest BCUT2D eigenvalue weighted by atomic mass is 19.1. The van der Waals surface area contributed by atoms with Crippen LogP contribution in [0.25, 0.3) is 0 Å². The Labute approximate surface area is 127 Å². The van der Waals surface area contributed by atoms with Crippen LogP contribution in [0.5, 0.6) is 0 Å². The van der Waals surface area contributed by atoms with Gasteiger partial charge in [0.25, 0.3) is 0 Å². The van der Waals surface area contributed by atoms with E-state index in [-0.39, 0.29) is 11.9 Å². The molecule has 0 bridgehead atoms. The van der Waals surface area contributed by atoms with Crippen LogP contribution in [0.15, 0.2) is 18.2 Å². The summed E-state index contributed by atoms with van der Waals surface area (Å²) < 4.78 is 13.6. The first kappa shape index (κ1) is 16.2. The van der Waals surface area contributed by atoms with Crippen molar-refractivity contribution in [3.8, 4) is 0 Å². The van der Waals surface area contributed by atoms with Crippen molar-refractivity contribution in [2.75, 3.05) is 25.0 Å². The molecular formula is C17H27FN2O. The Bertz CT molecular complexity index is 472. The lowest BCUT2D eigenvalue weighted by Gasteiger charge is -2.32. The predicted molar refractivity (Wildman–Crippen MR) is 85.2 cm³/mol. The quantitative estimate of drug-likeness (QED) is 0.845. The Balaban J connectivity index is 2.21. The molecule has 1 aliphatic carbocycles. The predicted octanol–water partition coefficient (Wildman–Crippen LogP) is 3.24. The second kappa shape index (κ2) is 6.75. The molecular weight excluding hydrogens is 267 g/mol. The Morgan fingerprint density at radius 1 is 1.38 bits per heavy atom. The molecule has 1 unspecified atom stereocenters. The molecule has 2 rings (SSSR count). The fourth-order valence-corrected chi connectivity index (χ4v) is 3.35. The lowest BCUT2D eigenvalue weighted by atomic mass is 10.00. The number of rotatable bonds is 6. The Morgan fingerprint density at radius 2 is 2.05 bits per heavy atom. The molecule has 0 aromatic heterocycles. The molecule has 0 heterocycles. The zero-order valence-electron chi connectivity index (χ0n) is 13.3. The number of nitrogens with zero attached hydrogens (tertiary/aromatic N) is 1. The molecule has 1 saturated carbocycles. The zero-order valence-corrected chi connectivity index (χ0v) is 13.3. The van der Waals surface area contributed by atoms with Crippen LogP contribution in [-0.4, -0.2) is 30.8 Å². The van der Waals surface area contributed by atoms with Crippen molar-refractivity contribution in [1.29, 1.82) is 0 Å². The summed E-state index contributed by atoms with van der Waals surface area (Å²) in [4.78, 5) is 2.06. The van der Waals surface area contributed by atoms with Crippen molar-refractivity contribution in [2.45, 2.75) is 51.2 Å². The van der Waals surface area contributed by atoms with Crippen LogP contribution >= 0.6 is 0 Å². The number of hydrogen-bond donors (Lipinski definition) is 2. The van der Waals surface area contributed by atoms with Crippen molar-refractivity contribution >= 4 is 5.69 Å². The molecule has 1 aliphatic rings. The van der Waals surface area contributed by atoms with E-state index in [1.807, 2.05) is 27.0 Å². The van der Waals surface area contributed by atoms with Crippen molar-refractivity contribution in [2.24, 2.45) is 0 Å². The monoisotopic (exact) mass is 294 g/mol. The maximum absolute atomic E-state index is 13.6. The molecule has 1 aromatic rings. The molecule has 2 N–H and O–H groups in total. The number of halogens is 1. The minimum atomic E-state index is -0.595. The summed E-state index contributed by atoms with van der Waals surface area (Å²) in [7, 11) is 1.98. The smallest absolute Gasteiger partial charge is 0.123 e. The van der Waals surface area contributed by atoms with Gasteiger partial charge in [-0.15, -0.1) is 0 Å². The molecule has 3 nitrogen and oxygen atoms in total. The number of likely N-dealkylation sites (N-methyl/N-ethyl adjacent to an activating group) is 1. The third-order valence-corrected chi connectivity index (χ3v) is 4.44. The van der Waals surface area contributed by atoms with Gasteiger partial charge in [-0.05, 0) is 50.1 Å². The van der Waals surface area contributed by atoms with E-state index in [4.69, 9.17) is 0 Å². The number of nitrogens with one attached hydrogen (secondary N) is 1. The third kappa shape index (κ3) is 3.95. The van der Waals surface area contributed by atoms with E-state index < -0.39 is 5.60 Å². The van der Waals surface area contributed by atoms with Gasteiger partial charge in [-0.2, -0.15) is 0 Å². The minimum Gasteiger partial charge on any atom is -0.388 e. The Hall–Kier alpha value is -1.13. The average molecular weight is 294 g/mol. The van der Waals surface area contributed by atoms with E-state index in [9.17, 15) is 9.50 Å². The van der Waals surface area contributed by atoms with E-state index in [1.54, 1.807) is 6.07 Å². The number of hydrogen-bond acceptors (Lipinski definition) is 3. The second-order valence-corrected chi connectivity index (χ2v) is 6.27. The fraction of sp³-hybridized carbons (Fsp3) is 0.647. The van der Waals surface area contributed by atoms with Gasteiger partial charge in [0, 0.05) is 25.3 Å². The van der Waals surface area contributed by atoms with Crippen LogP contribution in [-0.2, 0) is 0 Å². The van der Waals surface area contributed by atoms with Crippen LogP contribution in [0.1, 0.15) is 51.1 Å². The lowest BCUT2D eigenvalue weighted by Crippen LogP contribution is -2.39. The van der Waals surface area contributed by atoms with Crippen LogP contribution in [0.2, 0.25) is 0 Å². The number of benzene rings is 1. The first-order valence-corrected chi connectivity index (χ1v) is 7.91. The summed E-state index contributed by atoms with van der Waals surface area (Å²) >= 11 is 0. The van der Waals surface area contributed by atoms with Crippen LogP contribution < -0.4 is 10.2 Å². The maximum Gasteiger partial charge on any atom is 0.123 e. The lowest BCUT2D eigenvalue weighted by molar-refractivity contribution is 0.0559. The van der Waals surface area contributed by atoms with Gasteiger partial charge in [-0.3, -0.25) is 0 Å². The molecule has 21 heavy (non-hydrogen) atoms. The first-order valence-electron chi connectivity index (χ1n) is 7.91. The maximum atomic E-state index is 13.6. The minimum absolute atomic E-state index is 0.0846. The van der Waals surface area contributed by atoms with E-state index in [1.165, 1.54) is 6.07 Å². The zero-order chi connectivity index (χ0) is 15.5. The highest BCUT2D eigenvalue weighted by molar-refractivity contribution is 5.55. The molecule has 0 radical (unpaired) electrons. The van der Waals surface area contributed by atoms with Crippen molar-refractivity contribution < 1.29 is 9.50 Å². The van der Waals surface area contributed by atoms with E-state index in [0.29, 0.717) is 6.54 Å². The molecule has 1 fully saturated rings. The molecule has 0 amide bonds. The standard InChI is InChI=1S/C17H27FN2O/c1-4-19-13(2)15-11-14(18)7-8-16(15)20(3)12-17(21)9-5-6-10-17/h7-8,11,13,19,21H,4-6,9-10,12H2,1-3H3. The molecule has 118 valence electrons. The normalized spacial score (nSPS) is 18.7. The van der Waals surface area contributed by atoms with Gasteiger partial charge < -0.3 is 15.3 Å². The summed E-state index contributed by atoms with van der Waals surface area (Å²) in [6.07, 6.45) is 3.90. The van der Waals surface area contributed by atoms with Gasteiger partial charge in [-0.1, -0.05) is 19.8 Å². The van der Waals surface area contributed by atoms with Gasteiger partial charge >= 0.3 is 0 Å². The molecule has 1 aromatic carbocycles. The third-order valence-electron chi connectivity index (χ3n) is 4.44. The molecule has 1 atom stereocenters. The van der Waals surface area contributed by atoms with Gasteiger partial charge in [0.2, 0.25) is 0 Å². The Morgan fingerprint density at radius 3 is 2.67 bits per heavy atom. The van der Waals surface area contributed by atoms with Gasteiger partial charge in [0.1, 0.15) is 5.82 Å². The SMILES string of the molecule is CCNC(C)c1cc(F)ccc1N(C)CC1(O)CCCC1. The molecule has 0 spiro atoms. The van der Waals surface area contributed by atoms with E-state index in [0.717, 1.165) is 43.5 Å². The van der Waals surface area contributed by atoms with Crippen LogP contribution in [0.3, 0.4) is 0 Å². The number of aliphatic hydroxyl groups is 1. The van der Waals surface area contributed by atoms with Crippen LogP contribution in [0, 0.1) is 5.82 Å². The average Bonchev–Trinajstić information content (AvgIpc) is 2.85. The Kier molecular flexibility index (Phi) is 5.22. The summed E-state index contributed by atoms with van der Waals surface area (Å²) in [6.45, 7) is 5.52. The van der Waals surface area contributed by atoms with Crippen molar-refractivity contribution in [3.05, 3.63) is 29.6 Å². The topological polar surface area (TPSA) is 35.5 Å². The fourth-order valence-electron chi connectivity index (χ4n) is 3.35. The van der Waals surface area contributed by atoms with E-state index >= 15 is 0 Å². The molecule has 0 aliphatic heterocycles. The highest BCUT2D eigenvalue weighted by Crippen LogP contribution is 2.33. The first-order chi connectivity index (χ1) is 9.95. The van der Waals surface area contributed by atoms with Gasteiger partial charge in [-0.25, -0.2) is 4.39 Å². The van der Waals surface area contributed by atoms with Gasteiger partial charge in [0.05, 0.1) is 5.60 Å². The van der Waals surface area contributed by atoms with E-state index in [2.05, 4.69) is 10.2 Å². The van der Waals surface area contributed by atoms with Gasteiger partial charge in [0.15, 0.2) is 0 Å². The van der Waals surface area contributed by atoms with Crippen LogP contribution in [0.4, 0.5) is 10.1 Å². The molecule has 4 heteroatoms. The largest absolute Gasteiger partial charge is 0.388 e. The summed E-state index contributed by atoms with van der Waals surface area (Å²) in [5.74, 6) is -0.216. The number of anilines is 1. The summed E-state index contributed by atoms with van der Waals surface area (Å²) in [6, 6.07) is 4.99. The van der Waals surface area contributed by atoms with Crippen molar-refractivity contribution in [3.63, 3.8) is 0 Å². The molecule has 0 saturated heterocycles. The van der Waals surface area contributed by atoms with Crippen molar-refractivity contribution in [1.82, 2.24) is 5.32 Å².